The second-order valence-electron chi connectivity index (χ2n) is 9.19. The zero-order valence-corrected chi connectivity index (χ0v) is 18.7. The van der Waals surface area contributed by atoms with Gasteiger partial charge < -0.3 is 19.3 Å². The minimum absolute atomic E-state index is 0.00124. The molecule has 2 heterocycles. The van der Waals surface area contributed by atoms with Crippen LogP contribution in [0.1, 0.15) is 0 Å². The van der Waals surface area contributed by atoms with Gasteiger partial charge in [-0.05, 0) is 42.5 Å². The molecule has 0 bridgehead atoms. The van der Waals surface area contributed by atoms with Crippen LogP contribution in [0, 0.1) is 0 Å². The van der Waals surface area contributed by atoms with Crippen LogP contribution < -0.4 is 14.5 Å². The van der Waals surface area contributed by atoms with Gasteiger partial charge in [-0.1, -0.05) is 79.0 Å². The number of nitrogens with zero attached hydrogens (tertiary/aromatic N) is 2. The number of ether oxygens (including phenoxy) is 2. The Balaban J connectivity index is 1.27. The number of benzene rings is 2. The number of para-hydroxylation sites is 2. The van der Waals surface area contributed by atoms with Gasteiger partial charge in [-0.3, -0.25) is 0 Å². The first-order valence-electron chi connectivity index (χ1n) is 12.0. The molecule has 5 aliphatic rings. The van der Waals surface area contributed by atoms with Crippen LogP contribution >= 0.6 is 0 Å². The van der Waals surface area contributed by atoms with Crippen molar-refractivity contribution < 1.29 is 9.47 Å². The third-order valence-corrected chi connectivity index (χ3v) is 7.24. The van der Waals surface area contributed by atoms with Gasteiger partial charge in [-0.2, -0.15) is 0 Å². The van der Waals surface area contributed by atoms with E-state index in [4.69, 9.17) is 9.47 Å². The Bertz CT molecular complexity index is 1230. The van der Waals surface area contributed by atoms with Crippen LogP contribution in [0.3, 0.4) is 0 Å². The van der Waals surface area contributed by atoms with E-state index in [1.165, 1.54) is 5.69 Å². The van der Waals surface area contributed by atoms with Crippen LogP contribution in [0.5, 0.6) is 5.75 Å². The van der Waals surface area contributed by atoms with Gasteiger partial charge in [0.2, 0.25) is 0 Å². The fraction of sp³-hybridized carbons (Fsp3) is 0.200. The molecule has 0 spiro atoms. The Kier molecular flexibility index (Phi) is 4.59. The van der Waals surface area contributed by atoms with Crippen molar-refractivity contribution >= 4 is 17.1 Å². The Hall–Kier alpha value is -3.76. The zero-order chi connectivity index (χ0) is 22.5. The molecule has 4 heteroatoms. The third kappa shape index (κ3) is 3.10. The molecule has 6 atom stereocenters. The molecule has 0 amide bonds. The normalized spacial score (nSPS) is 32.0. The molecule has 0 aromatic heterocycles. The van der Waals surface area contributed by atoms with Gasteiger partial charge in [0.25, 0.3) is 0 Å². The van der Waals surface area contributed by atoms with Crippen molar-refractivity contribution in [3.05, 3.63) is 121 Å². The largest absolute Gasteiger partial charge is 0.482 e. The number of allylic oxidation sites excluding steroid dienone is 6. The second-order valence-corrected chi connectivity index (χ2v) is 9.19. The summed E-state index contributed by atoms with van der Waals surface area (Å²) in [5.74, 6) is 0.921. The summed E-state index contributed by atoms with van der Waals surface area (Å²) < 4.78 is 12.7. The van der Waals surface area contributed by atoms with E-state index in [-0.39, 0.29) is 36.4 Å². The highest BCUT2D eigenvalue weighted by Gasteiger charge is 2.41. The van der Waals surface area contributed by atoms with Crippen LogP contribution in [0.4, 0.5) is 17.1 Å². The molecule has 3 aliphatic carbocycles. The summed E-state index contributed by atoms with van der Waals surface area (Å²) in [5.41, 5.74) is 3.46. The average molecular weight is 447 g/mol. The van der Waals surface area contributed by atoms with Crippen molar-refractivity contribution in [1.29, 1.82) is 0 Å². The average Bonchev–Trinajstić information content (AvgIpc) is 2.90. The second kappa shape index (κ2) is 7.93. The molecule has 2 aliphatic heterocycles. The first kappa shape index (κ1) is 19.7. The summed E-state index contributed by atoms with van der Waals surface area (Å²) in [7, 11) is 0. The van der Waals surface area contributed by atoms with E-state index < -0.39 is 0 Å². The lowest BCUT2D eigenvalue weighted by Gasteiger charge is -2.49. The summed E-state index contributed by atoms with van der Waals surface area (Å²) >= 11 is 0. The van der Waals surface area contributed by atoms with E-state index in [1.54, 1.807) is 0 Å². The summed E-state index contributed by atoms with van der Waals surface area (Å²) in [5, 5.41) is 0. The van der Waals surface area contributed by atoms with E-state index in [0.717, 1.165) is 17.1 Å². The van der Waals surface area contributed by atoms with E-state index in [9.17, 15) is 0 Å². The van der Waals surface area contributed by atoms with Gasteiger partial charge in [0.15, 0.2) is 0 Å². The molecule has 0 N–H and O–H groups in total. The van der Waals surface area contributed by atoms with Crippen molar-refractivity contribution in [2.24, 2.45) is 0 Å². The standard InChI is InChI=1S/C30H26N2O2/c1-5-13-27-23(9-1)31(24-10-2-6-14-28(24)33-27)21-17-19-22(20-18-21)32-25-11-3-7-15-29(25)34-30-16-8-4-12-26(30)32/h1-20,23-25,27-29H. The fourth-order valence-corrected chi connectivity index (χ4v) is 5.70. The van der Waals surface area contributed by atoms with Gasteiger partial charge in [0, 0.05) is 11.4 Å². The molecule has 1 saturated heterocycles. The SMILES string of the molecule is C1=CC2Oc3ccccc3N(c3ccc(N4C5C=CC=CC5OC5C=CC=CC54)cc3)C2C=C1. The van der Waals surface area contributed by atoms with Crippen molar-refractivity contribution in [2.75, 3.05) is 9.80 Å². The quantitative estimate of drug-likeness (QED) is 0.596. The molecule has 6 unspecified atom stereocenters. The smallest absolute Gasteiger partial charge is 0.144 e. The Morgan fingerprint density at radius 3 is 1.79 bits per heavy atom. The van der Waals surface area contributed by atoms with Gasteiger partial charge >= 0.3 is 0 Å². The molecule has 2 aromatic carbocycles. The van der Waals surface area contributed by atoms with Crippen LogP contribution in [0.25, 0.3) is 0 Å². The van der Waals surface area contributed by atoms with Gasteiger partial charge in [-0.15, -0.1) is 0 Å². The zero-order valence-electron chi connectivity index (χ0n) is 18.7. The highest BCUT2D eigenvalue weighted by atomic mass is 16.5. The maximum Gasteiger partial charge on any atom is 0.144 e. The third-order valence-electron chi connectivity index (χ3n) is 7.24. The van der Waals surface area contributed by atoms with Crippen LogP contribution in [-0.2, 0) is 4.74 Å². The van der Waals surface area contributed by atoms with Gasteiger partial charge in [0.1, 0.15) is 24.1 Å². The highest BCUT2D eigenvalue weighted by molar-refractivity contribution is 5.74. The van der Waals surface area contributed by atoms with Crippen molar-refractivity contribution in [3.8, 4) is 5.75 Å². The molecule has 2 aromatic rings. The number of rotatable bonds is 2. The predicted molar refractivity (Wildman–Crippen MR) is 137 cm³/mol. The number of morpholine rings is 1. The number of anilines is 3. The lowest BCUT2D eigenvalue weighted by atomic mass is 9.92. The van der Waals surface area contributed by atoms with E-state index in [1.807, 2.05) is 6.07 Å². The fourth-order valence-electron chi connectivity index (χ4n) is 5.70. The number of hydrogen-bond acceptors (Lipinski definition) is 4. The lowest BCUT2D eigenvalue weighted by Crippen LogP contribution is -2.59. The van der Waals surface area contributed by atoms with Crippen LogP contribution in [-0.4, -0.2) is 36.4 Å². The van der Waals surface area contributed by atoms with Crippen molar-refractivity contribution in [1.82, 2.24) is 0 Å². The monoisotopic (exact) mass is 446 g/mol. The molecule has 7 rings (SSSR count). The lowest BCUT2D eigenvalue weighted by molar-refractivity contribution is -0.00560. The molecule has 168 valence electrons. The number of hydrogen-bond donors (Lipinski definition) is 0. The topological polar surface area (TPSA) is 24.9 Å². The summed E-state index contributed by atoms with van der Waals surface area (Å²) in [6, 6.07) is 17.8. The molecule has 4 nitrogen and oxygen atoms in total. The highest BCUT2D eigenvalue weighted by Crippen LogP contribution is 2.43. The summed E-state index contributed by atoms with van der Waals surface area (Å²) in [6.07, 6.45) is 25.9. The summed E-state index contributed by atoms with van der Waals surface area (Å²) in [4.78, 5) is 4.90. The maximum absolute atomic E-state index is 6.41. The predicted octanol–water partition coefficient (Wildman–Crippen LogP) is 5.64. The van der Waals surface area contributed by atoms with E-state index in [0.29, 0.717) is 0 Å². The van der Waals surface area contributed by atoms with Gasteiger partial charge in [-0.25, -0.2) is 0 Å². The molecular weight excluding hydrogens is 420 g/mol. The minimum atomic E-state index is -0.00124. The Labute approximate surface area is 200 Å². The first-order chi connectivity index (χ1) is 16.9. The Morgan fingerprint density at radius 1 is 0.529 bits per heavy atom. The molecular formula is C30H26N2O2. The minimum Gasteiger partial charge on any atom is -0.482 e. The summed E-state index contributed by atoms with van der Waals surface area (Å²) in [6.45, 7) is 0. The van der Waals surface area contributed by atoms with Crippen molar-refractivity contribution in [2.45, 2.75) is 36.4 Å². The first-order valence-corrected chi connectivity index (χ1v) is 12.0. The van der Waals surface area contributed by atoms with Crippen LogP contribution in [0.15, 0.2) is 121 Å². The molecule has 0 saturated carbocycles. The maximum atomic E-state index is 6.41. The van der Waals surface area contributed by atoms with Crippen LogP contribution in [0.2, 0.25) is 0 Å². The van der Waals surface area contributed by atoms with E-state index in [2.05, 4.69) is 125 Å². The number of fused-ring (bicyclic) bond motifs is 4. The molecule has 34 heavy (non-hydrogen) atoms. The molecule has 0 radical (unpaired) electrons. The molecule has 1 fully saturated rings. The van der Waals surface area contributed by atoms with E-state index >= 15 is 0 Å². The van der Waals surface area contributed by atoms with Gasteiger partial charge in [0.05, 0.1) is 23.8 Å². The van der Waals surface area contributed by atoms with Crippen molar-refractivity contribution in [3.63, 3.8) is 0 Å². The Morgan fingerprint density at radius 2 is 1.09 bits per heavy atom.